The molecule has 0 spiro atoms. The number of ether oxygens (including phenoxy) is 1. The number of carbonyl (C=O) groups is 2. The average molecular weight is 517 g/mol. The number of para-hydroxylation sites is 1. The molecule has 190 valence electrons. The van der Waals surface area contributed by atoms with Gasteiger partial charge in [0.1, 0.15) is 5.75 Å². The van der Waals surface area contributed by atoms with Crippen molar-refractivity contribution < 1.29 is 14.3 Å². The first-order chi connectivity index (χ1) is 17.8. The zero-order chi connectivity index (χ0) is 26.4. The summed E-state index contributed by atoms with van der Waals surface area (Å²) in [6, 6.07) is 21.4. The predicted molar refractivity (Wildman–Crippen MR) is 146 cm³/mol. The summed E-state index contributed by atoms with van der Waals surface area (Å²) in [7, 11) is 1.58. The first-order valence-electron chi connectivity index (χ1n) is 11.8. The van der Waals surface area contributed by atoms with E-state index in [2.05, 4.69) is 15.6 Å². The molecule has 0 saturated carbocycles. The van der Waals surface area contributed by atoms with Gasteiger partial charge in [-0.3, -0.25) is 19.0 Å². The third-order valence-corrected chi connectivity index (χ3v) is 6.49. The highest BCUT2D eigenvalue weighted by Gasteiger charge is 2.15. The number of carbonyl (C=O) groups excluding carboxylic acids is 2. The maximum atomic E-state index is 13.4. The van der Waals surface area contributed by atoms with Crippen molar-refractivity contribution in [2.24, 2.45) is 0 Å². The van der Waals surface area contributed by atoms with Crippen LogP contribution in [0.1, 0.15) is 29.8 Å². The topological polar surface area (TPSA) is 102 Å². The van der Waals surface area contributed by atoms with Gasteiger partial charge in [0.2, 0.25) is 5.91 Å². The molecule has 0 saturated heterocycles. The van der Waals surface area contributed by atoms with E-state index in [0.29, 0.717) is 33.1 Å². The molecule has 0 aliphatic carbocycles. The molecule has 1 heterocycles. The molecule has 0 atom stereocenters. The number of amides is 2. The maximum Gasteiger partial charge on any atom is 0.262 e. The number of anilines is 1. The van der Waals surface area contributed by atoms with E-state index in [1.807, 2.05) is 32.0 Å². The minimum Gasteiger partial charge on any atom is -0.497 e. The molecule has 0 bridgehead atoms. The van der Waals surface area contributed by atoms with Gasteiger partial charge in [-0.25, -0.2) is 4.98 Å². The highest BCUT2D eigenvalue weighted by Crippen LogP contribution is 2.21. The van der Waals surface area contributed by atoms with Gasteiger partial charge in [-0.2, -0.15) is 0 Å². The summed E-state index contributed by atoms with van der Waals surface area (Å²) in [5, 5.41) is 6.65. The van der Waals surface area contributed by atoms with E-state index < -0.39 is 0 Å². The lowest BCUT2D eigenvalue weighted by atomic mass is 10.1. The van der Waals surface area contributed by atoms with Gasteiger partial charge in [0, 0.05) is 17.3 Å². The Labute approximate surface area is 219 Å². The van der Waals surface area contributed by atoms with Crippen LogP contribution >= 0.6 is 11.8 Å². The number of thioether (sulfide) groups is 1. The number of hydrogen-bond acceptors (Lipinski definition) is 6. The van der Waals surface area contributed by atoms with E-state index >= 15 is 0 Å². The number of benzene rings is 3. The molecule has 4 rings (SSSR count). The van der Waals surface area contributed by atoms with Gasteiger partial charge in [-0.1, -0.05) is 36.0 Å². The molecule has 0 fully saturated rings. The number of nitrogens with one attached hydrogen (secondary N) is 2. The van der Waals surface area contributed by atoms with Crippen molar-refractivity contribution in [1.29, 1.82) is 0 Å². The average Bonchev–Trinajstić information content (AvgIpc) is 2.89. The third-order valence-electron chi connectivity index (χ3n) is 5.51. The van der Waals surface area contributed by atoms with Crippen LogP contribution < -0.4 is 20.9 Å². The molecule has 2 amide bonds. The molecule has 4 aromatic rings. The summed E-state index contributed by atoms with van der Waals surface area (Å²) < 4.78 is 6.71. The summed E-state index contributed by atoms with van der Waals surface area (Å²) in [5.41, 5.74) is 2.42. The Balaban J connectivity index is 1.55. The normalized spacial score (nSPS) is 10.9. The second kappa shape index (κ2) is 11.7. The lowest BCUT2D eigenvalue weighted by molar-refractivity contribution is -0.113. The molecule has 1 aromatic heterocycles. The fourth-order valence-corrected chi connectivity index (χ4v) is 4.49. The fourth-order valence-electron chi connectivity index (χ4n) is 3.69. The number of fused-ring (bicyclic) bond motifs is 1. The van der Waals surface area contributed by atoms with Gasteiger partial charge < -0.3 is 15.4 Å². The van der Waals surface area contributed by atoms with Crippen molar-refractivity contribution in [3.8, 4) is 5.75 Å². The first-order valence-corrected chi connectivity index (χ1v) is 12.8. The zero-order valence-corrected chi connectivity index (χ0v) is 21.7. The first kappa shape index (κ1) is 26.0. The number of rotatable bonds is 9. The van der Waals surface area contributed by atoms with Gasteiger partial charge in [-0.15, -0.1) is 0 Å². The Morgan fingerprint density at radius 1 is 1.00 bits per heavy atom. The number of methoxy groups -OCH3 is 1. The Morgan fingerprint density at radius 3 is 2.38 bits per heavy atom. The van der Waals surface area contributed by atoms with Gasteiger partial charge in [-0.05, 0) is 67.9 Å². The van der Waals surface area contributed by atoms with Crippen LogP contribution in [0.3, 0.4) is 0 Å². The molecule has 0 unspecified atom stereocenters. The van der Waals surface area contributed by atoms with Crippen molar-refractivity contribution in [3.63, 3.8) is 0 Å². The Bertz CT molecular complexity index is 1460. The highest BCUT2D eigenvalue weighted by atomic mass is 32.2. The smallest absolute Gasteiger partial charge is 0.262 e. The van der Waals surface area contributed by atoms with Crippen LogP contribution in [0.4, 0.5) is 5.69 Å². The van der Waals surface area contributed by atoms with Crippen LogP contribution in [0.5, 0.6) is 5.75 Å². The van der Waals surface area contributed by atoms with Crippen LogP contribution in [0, 0.1) is 0 Å². The molecule has 0 aliphatic heterocycles. The standard InChI is InChI=1S/C28H28N4O4S/c1-18(2)29-26(34)20-10-8-19(9-11-20)16-32-27(35)23-6-4-5-7-24(23)31-28(32)37-17-25(33)30-21-12-14-22(36-3)15-13-21/h4-15,18H,16-17H2,1-3H3,(H,29,34)(H,30,33). The Hall–Kier alpha value is -4.11. The SMILES string of the molecule is COc1ccc(NC(=O)CSc2nc3ccccc3c(=O)n2Cc2ccc(C(=O)NC(C)C)cc2)cc1. The molecular formula is C28H28N4O4S. The number of nitrogens with zero attached hydrogens (tertiary/aromatic N) is 2. The third kappa shape index (κ3) is 6.56. The van der Waals surface area contributed by atoms with Crippen molar-refractivity contribution in [3.05, 3.63) is 94.3 Å². The maximum absolute atomic E-state index is 13.4. The summed E-state index contributed by atoms with van der Waals surface area (Å²) >= 11 is 1.20. The summed E-state index contributed by atoms with van der Waals surface area (Å²) in [6.45, 7) is 4.06. The van der Waals surface area contributed by atoms with E-state index in [-0.39, 0.29) is 35.7 Å². The molecule has 8 nitrogen and oxygen atoms in total. The second-order valence-corrected chi connectivity index (χ2v) is 9.64. The molecule has 37 heavy (non-hydrogen) atoms. The van der Waals surface area contributed by atoms with Crippen molar-refractivity contribution in [2.45, 2.75) is 31.6 Å². The van der Waals surface area contributed by atoms with E-state index in [9.17, 15) is 14.4 Å². The highest BCUT2D eigenvalue weighted by molar-refractivity contribution is 7.99. The summed E-state index contributed by atoms with van der Waals surface area (Å²) in [4.78, 5) is 42.9. The fraction of sp³-hybridized carbons (Fsp3) is 0.214. The van der Waals surface area contributed by atoms with Crippen molar-refractivity contribution in [2.75, 3.05) is 18.2 Å². The second-order valence-electron chi connectivity index (χ2n) is 8.69. The van der Waals surface area contributed by atoms with E-state index in [1.165, 1.54) is 11.8 Å². The lowest BCUT2D eigenvalue weighted by Crippen LogP contribution is -2.30. The van der Waals surface area contributed by atoms with Crippen LogP contribution in [0.15, 0.2) is 82.7 Å². The summed E-state index contributed by atoms with van der Waals surface area (Å²) in [5.74, 6) is 0.408. The lowest BCUT2D eigenvalue weighted by Gasteiger charge is -2.14. The Morgan fingerprint density at radius 2 is 1.70 bits per heavy atom. The van der Waals surface area contributed by atoms with Crippen LogP contribution in [-0.2, 0) is 11.3 Å². The minimum atomic E-state index is -0.218. The largest absolute Gasteiger partial charge is 0.497 e. The van der Waals surface area contributed by atoms with Crippen LogP contribution in [-0.4, -0.2) is 40.3 Å². The zero-order valence-electron chi connectivity index (χ0n) is 20.9. The van der Waals surface area contributed by atoms with Crippen LogP contribution in [0.25, 0.3) is 10.9 Å². The predicted octanol–water partition coefficient (Wildman–Crippen LogP) is 4.32. The number of aromatic nitrogens is 2. The van der Waals surface area contributed by atoms with E-state index in [1.54, 1.807) is 66.3 Å². The number of hydrogen-bond donors (Lipinski definition) is 2. The molecular weight excluding hydrogens is 488 g/mol. The van der Waals surface area contributed by atoms with Gasteiger partial charge in [0.05, 0.1) is 30.3 Å². The molecule has 0 radical (unpaired) electrons. The van der Waals surface area contributed by atoms with Crippen molar-refractivity contribution >= 4 is 40.2 Å². The molecule has 0 aliphatic rings. The summed E-state index contributed by atoms with van der Waals surface area (Å²) in [6.07, 6.45) is 0. The molecule has 3 aromatic carbocycles. The van der Waals surface area contributed by atoms with Gasteiger partial charge in [0.25, 0.3) is 11.5 Å². The van der Waals surface area contributed by atoms with E-state index in [0.717, 1.165) is 5.56 Å². The van der Waals surface area contributed by atoms with Gasteiger partial charge >= 0.3 is 0 Å². The van der Waals surface area contributed by atoms with Crippen LogP contribution in [0.2, 0.25) is 0 Å². The molecule has 9 heteroatoms. The monoisotopic (exact) mass is 516 g/mol. The van der Waals surface area contributed by atoms with Gasteiger partial charge in [0.15, 0.2) is 5.16 Å². The Kier molecular flexibility index (Phi) is 8.25. The quantitative estimate of drug-likeness (QED) is 0.254. The van der Waals surface area contributed by atoms with Crippen molar-refractivity contribution in [1.82, 2.24) is 14.9 Å². The molecule has 2 N–H and O–H groups in total. The van der Waals surface area contributed by atoms with E-state index in [4.69, 9.17) is 4.74 Å². The minimum absolute atomic E-state index is 0.0379.